The molecule has 1 rings (SSSR count). The van der Waals surface area contributed by atoms with Crippen LogP contribution in [0.1, 0.15) is 203 Å². The third kappa shape index (κ3) is 13.7. The van der Waals surface area contributed by atoms with Crippen LogP contribution < -0.4 is 0 Å². The van der Waals surface area contributed by atoms with Crippen molar-refractivity contribution in [1.82, 2.24) is 0 Å². The highest BCUT2D eigenvalue weighted by Crippen LogP contribution is 2.33. The van der Waals surface area contributed by atoms with Crippen molar-refractivity contribution in [3.05, 3.63) is 33.4 Å². The molecule has 0 aliphatic carbocycles. The lowest BCUT2D eigenvalue weighted by Gasteiger charge is -2.22. The normalized spacial score (nSPS) is 11.2. The largest absolute Gasteiger partial charge is 0.478 e. The Morgan fingerprint density at radius 1 is 0.357 bits per heavy atom. The van der Waals surface area contributed by atoms with Gasteiger partial charge in [0.25, 0.3) is 0 Å². The first-order chi connectivity index (χ1) is 20.3. The third-order valence-corrected chi connectivity index (χ3v) is 8.55. The highest BCUT2D eigenvalue weighted by atomic mass is 16.4. The van der Waals surface area contributed by atoms with E-state index in [1.54, 1.807) is 0 Å². The molecule has 0 aliphatic heterocycles. The molecule has 6 heteroatoms. The Labute approximate surface area is 255 Å². The van der Waals surface area contributed by atoms with E-state index < -0.39 is 17.9 Å². The first-order valence-electron chi connectivity index (χ1n) is 17.2. The molecule has 0 radical (unpaired) electrons. The standard InChI is InChI=1S/C36H60O6/c1-4-7-10-13-16-19-22-25-28-29(26-23-20-17-14-11-8-5-2)32(35(39)40)33(36(41)42)30(31(28)34(37)38)27-24-21-18-15-12-9-6-3/h4-27H2,1-3H3,(H,37,38)(H,39,40)(H,41,42). The monoisotopic (exact) mass is 588 g/mol. The molecule has 0 heterocycles. The van der Waals surface area contributed by atoms with E-state index in [0.717, 1.165) is 83.5 Å². The van der Waals surface area contributed by atoms with E-state index in [0.29, 0.717) is 30.4 Å². The van der Waals surface area contributed by atoms with Gasteiger partial charge in [0, 0.05) is 0 Å². The maximum atomic E-state index is 12.8. The van der Waals surface area contributed by atoms with Crippen LogP contribution in [-0.2, 0) is 19.3 Å². The van der Waals surface area contributed by atoms with E-state index in [1.165, 1.54) is 44.9 Å². The summed E-state index contributed by atoms with van der Waals surface area (Å²) in [4.78, 5) is 38.1. The van der Waals surface area contributed by atoms with Crippen LogP contribution in [0.4, 0.5) is 0 Å². The predicted molar refractivity (Wildman–Crippen MR) is 172 cm³/mol. The number of carboxylic acid groups (broad SMARTS) is 3. The Balaban J connectivity index is 3.39. The molecule has 0 unspecified atom stereocenters. The minimum absolute atomic E-state index is 0.0623. The van der Waals surface area contributed by atoms with Crippen LogP contribution in [0.25, 0.3) is 0 Å². The van der Waals surface area contributed by atoms with Crippen molar-refractivity contribution in [3.63, 3.8) is 0 Å². The second-order valence-corrected chi connectivity index (χ2v) is 12.1. The van der Waals surface area contributed by atoms with Gasteiger partial charge in [0.2, 0.25) is 0 Å². The molecule has 42 heavy (non-hydrogen) atoms. The molecular formula is C36H60O6. The second kappa shape index (κ2) is 23.1. The summed E-state index contributed by atoms with van der Waals surface area (Å²) in [5.74, 6) is -3.73. The molecule has 0 aliphatic rings. The number of carbonyl (C=O) groups is 3. The predicted octanol–water partition coefficient (Wildman–Crippen LogP) is 10.7. The zero-order valence-corrected chi connectivity index (χ0v) is 27.0. The summed E-state index contributed by atoms with van der Waals surface area (Å²) in [5.41, 5.74) is 0.818. The number of carboxylic acids is 3. The summed E-state index contributed by atoms with van der Waals surface area (Å²) in [6.45, 7) is 6.53. The molecule has 0 saturated carbocycles. The Morgan fingerprint density at radius 2 is 0.595 bits per heavy atom. The number of hydrogen-bond acceptors (Lipinski definition) is 3. The summed E-state index contributed by atoms with van der Waals surface area (Å²) in [6.07, 6.45) is 23.2. The fourth-order valence-electron chi connectivity index (χ4n) is 6.22. The van der Waals surface area contributed by atoms with Gasteiger partial charge >= 0.3 is 17.9 Å². The van der Waals surface area contributed by atoms with Gasteiger partial charge in [0.1, 0.15) is 0 Å². The van der Waals surface area contributed by atoms with Crippen LogP contribution in [0.2, 0.25) is 0 Å². The van der Waals surface area contributed by atoms with Gasteiger partial charge in [-0.1, -0.05) is 136 Å². The molecule has 0 atom stereocenters. The molecule has 240 valence electrons. The molecule has 0 aromatic heterocycles. The second-order valence-electron chi connectivity index (χ2n) is 12.1. The Kier molecular flexibility index (Phi) is 20.7. The minimum Gasteiger partial charge on any atom is -0.478 e. The summed E-state index contributed by atoms with van der Waals surface area (Å²) < 4.78 is 0. The molecule has 1 aromatic rings. The van der Waals surface area contributed by atoms with E-state index in [2.05, 4.69) is 20.8 Å². The topological polar surface area (TPSA) is 112 Å². The lowest BCUT2D eigenvalue weighted by atomic mass is 9.80. The Morgan fingerprint density at radius 3 is 0.905 bits per heavy atom. The maximum Gasteiger partial charge on any atom is 0.336 e. The molecule has 0 spiro atoms. The van der Waals surface area contributed by atoms with Gasteiger partial charge in [-0.25, -0.2) is 14.4 Å². The third-order valence-electron chi connectivity index (χ3n) is 8.55. The number of benzene rings is 1. The van der Waals surface area contributed by atoms with Crippen molar-refractivity contribution >= 4 is 17.9 Å². The zero-order chi connectivity index (χ0) is 31.2. The number of rotatable bonds is 27. The van der Waals surface area contributed by atoms with Gasteiger partial charge in [0.15, 0.2) is 0 Å². The highest BCUT2D eigenvalue weighted by Gasteiger charge is 2.32. The molecule has 6 nitrogen and oxygen atoms in total. The summed E-state index contributed by atoms with van der Waals surface area (Å²) in [5, 5.41) is 31.1. The molecule has 1 aromatic carbocycles. The van der Waals surface area contributed by atoms with Crippen LogP contribution in [0.15, 0.2) is 0 Å². The highest BCUT2D eigenvalue weighted by molar-refractivity contribution is 6.07. The Hall–Kier alpha value is -2.37. The zero-order valence-electron chi connectivity index (χ0n) is 27.0. The van der Waals surface area contributed by atoms with Crippen molar-refractivity contribution in [1.29, 1.82) is 0 Å². The number of aromatic carboxylic acids is 3. The van der Waals surface area contributed by atoms with E-state index in [9.17, 15) is 29.7 Å². The van der Waals surface area contributed by atoms with Crippen LogP contribution in [0.3, 0.4) is 0 Å². The lowest BCUT2D eigenvalue weighted by molar-refractivity contribution is 0.0646. The molecular weight excluding hydrogens is 528 g/mol. The fourth-order valence-corrected chi connectivity index (χ4v) is 6.22. The summed E-state index contributed by atoms with van der Waals surface area (Å²) >= 11 is 0. The smallest absolute Gasteiger partial charge is 0.336 e. The molecule has 3 N–H and O–H groups in total. The first-order valence-corrected chi connectivity index (χ1v) is 17.2. The van der Waals surface area contributed by atoms with E-state index in [4.69, 9.17) is 0 Å². The SMILES string of the molecule is CCCCCCCCCc1c(CCCCCCCCC)c(C(=O)O)c(C(=O)O)c(CCCCCCCCC)c1C(=O)O. The average molecular weight is 589 g/mol. The van der Waals surface area contributed by atoms with Gasteiger partial charge in [-0.2, -0.15) is 0 Å². The quantitative estimate of drug-likeness (QED) is 0.0881. The number of hydrogen-bond donors (Lipinski definition) is 3. The van der Waals surface area contributed by atoms with Crippen molar-refractivity contribution in [2.45, 2.75) is 175 Å². The fraction of sp³-hybridized carbons (Fsp3) is 0.750. The van der Waals surface area contributed by atoms with E-state index in [-0.39, 0.29) is 28.7 Å². The van der Waals surface area contributed by atoms with Crippen molar-refractivity contribution in [2.24, 2.45) is 0 Å². The van der Waals surface area contributed by atoms with Crippen molar-refractivity contribution in [3.8, 4) is 0 Å². The maximum absolute atomic E-state index is 12.8. The average Bonchev–Trinajstić information content (AvgIpc) is 2.95. The van der Waals surface area contributed by atoms with Gasteiger partial charge in [-0.05, 0) is 55.2 Å². The van der Waals surface area contributed by atoms with Crippen LogP contribution in [0.5, 0.6) is 0 Å². The lowest BCUT2D eigenvalue weighted by Crippen LogP contribution is -2.22. The summed E-state index contributed by atoms with van der Waals surface area (Å²) in [6, 6.07) is 0. The van der Waals surface area contributed by atoms with Crippen LogP contribution in [-0.4, -0.2) is 33.2 Å². The van der Waals surface area contributed by atoms with Gasteiger partial charge in [-0.15, -0.1) is 0 Å². The number of unbranched alkanes of at least 4 members (excludes halogenated alkanes) is 18. The minimum atomic E-state index is -1.34. The molecule has 0 bridgehead atoms. The van der Waals surface area contributed by atoms with Gasteiger partial charge in [-0.3, -0.25) is 0 Å². The van der Waals surface area contributed by atoms with Gasteiger partial charge < -0.3 is 15.3 Å². The van der Waals surface area contributed by atoms with E-state index in [1.807, 2.05) is 0 Å². The van der Waals surface area contributed by atoms with Crippen molar-refractivity contribution in [2.75, 3.05) is 0 Å². The molecule has 0 amide bonds. The Bertz CT molecular complexity index is 936. The molecule has 0 fully saturated rings. The van der Waals surface area contributed by atoms with Crippen LogP contribution in [0, 0.1) is 0 Å². The van der Waals surface area contributed by atoms with Crippen LogP contribution >= 0.6 is 0 Å². The van der Waals surface area contributed by atoms with Crippen molar-refractivity contribution < 1.29 is 29.7 Å². The van der Waals surface area contributed by atoms with Gasteiger partial charge in [0.05, 0.1) is 16.7 Å². The first kappa shape index (κ1) is 37.7. The van der Waals surface area contributed by atoms with E-state index >= 15 is 0 Å². The molecule has 0 saturated heterocycles. The summed E-state index contributed by atoms with van der Waals surface area (Å²) in [7, 11) is 0.